The fraction of sp³-hybridized carbons (Fsp3) is 0.857. The molecule has 0 aromatic rings. The van der Waals surface area contributed by atoms with E-state index < -0.39 is 0 Å². The van der Waals surface area contributed by atoms with Gasteiger partial charge in [0.2, 0.25) is 11.8 Å². The van der Waals surface area contributed by atoms with Gasteiger partial charge in [-0.3, -0.25) is 9.59 Å². The van der Waals surface area contributed by atoms with Crippen LogP contribution in [-0.4, -0.2) is 61.5 Å². The van der Waals surface area contributed by atoms with Gasteiger partial charge >= 0.3 is 0 Å². The molecule has 0 radical (unpaired) electrons. The first-order valence-corrected chi connectivity index (χ1v) is 7.28. The summed E-state index contributed by atoms with van der Waals surface area (Å²) in [5, 5.41) is 0. The van der Waals surface area contributed by atoms with Crippen LogP contribution >= 0.6 is 0 Å². The third kappa shape index (κ3) is 3.69. The van der Waals surface area contributed by atoms with E-state index in [9.17, 15) is 9.59 Å². The van der Waals surface area contributed by atoms with Crippen molar-refractivity contribution in [2.75, 3.05) is 39.9 Å². The summed E-state index contributed by atoms with van der Waals surface area (Å²) in [6.45, 7) is 2.76. The molecule has 0 bridgehead atoms. The maximum atomic E-state index is 12.4. The molecule has 0 aromatic carbocycles. The second-order valence-electron chi connectivity index (χ2n) is 5.47. The molecule has 0 atom stereocenters. The molecule has 0 aromatic heterocycles. The van der Waals surface area contributed by atoms with Gasteiger partial charge in [0.15, 0.2) is 0 Å². The summed E-state index contributed by atoms with van der Waals surface area (Å²) in [6, 6.07) is 0. The molecule has 1 saturated carbocycles. The predicted molar refractivity (Wildman–Crippen MR) is 71.6 cm³/mol. The molecule has 2 aliphatic rings. The lowest BCUT2D eigenvalue weighted by Crippen LogP contribution is -2.52. The number of ether oxygens (including phenoxy) is 1. The topological polar surface area (TPSA) is 49.9 Å². The van der Waals surface area contributed by atoms with Crippen molar-refractivity contribution in [3.63, 3.8) is 0 Å². The van der Waals surface area contributed by atoms with Gasteiger partial charge in [0.25, 0.3) is 0 Å². The zero-order valence-corrected chi connectivity index (χ0v) is 11.8. The minimum Gasteiger partial charge on any atom is -0.375 e. The molecule has 5 heteroatoms. The standard InChI is InChI=1S/C14H24N2O3/c1-19-11-13(17)15-7-9-16(10-8-15)14(18)12-5-3-2-4-6-12/h12H,2-11H2,1H3. The maximum absolute atomic E-state index is 12.4. The minimum atomic E-state index is 0.0206. The molecule has 0 N–H and O–H groups in total. The number of amides is 2. The van der Waals surface area contributed by atoms with Crippen molar-refractivity contribution >= 4 is 11.8 Å². The van der Waals surface area contributed by atoms with Gasteiger partial charge in [-0.1, -0.05) is 19.3 Å². The quantitative estimate of drug-likeness (QED) is 0.763. The normalized spacial score (nSPS) is 21.5. The highest BCUT2D eigenvalue weighted by molar-refractivity contribution is 5.80. The van der Waals surface area contributed by atoms with Crippen LogP contribution in [0, 0.1) is 5.92 Å². The van der Waals surface area contributed by atoms with E-state index >= 15 is 0 Å². The number of hydrogen-bond donors (Lipinski definition) is 0. The number of methoxy groups -OCH3 is 1. The van der Waals surface area contributed by atoms with Gasteiger partial charge in [-0.25, -0.2) is 0 Å². The van der Waals surface area contributed by atoms with Crippen LogP contribution in [0.25, 0.3) is 0 Å². The van der Waals surface area contributed by atoms with Crippen LogP contribution in [-0.2, 0) is 14.3 Å². The second kappa shape index (κ2) is 6.89. The summed E-state index contributed by atoms with van der Waals surface area (Å²) in [6.07, 6.45) is 5.72. The molecule has 1 heterocycles. The highest BCUT2D eigenvalue weighted by Crippen LogP contribution is 2.25. The van der Waals surface area contributed by atoms with Crippen molar-refractivity contribution in [3.8, 4) is 0 Å². The molecule has 2 amide bonds. The number of rotatable bonds is 3. The smallest absolute Gasteiger partial charge is 0.248 e. The van der Waals surface area contributed by atoms with Gasteiger partial charge in [-0.15, -0.1) is 0 Å². The molecule has 2 fully saturated rings. The number of carbonyl (C=O) groups is 2. The molecule has 1 aliphatic heterocycles. The Hall–Kier alpha value is -1.10. The van der Waals surface area contributed by atoms with E-state index in [1.165, 1.54) is 26.4 Å². The van der Waals surface area contributed by atoms with E-state index in [0.717, 1.165) is 12.8 Å². The molecular formula is C14H24N2O3. The van der Waals surface area contributed by atoms with Crippen molar-refractivity contribution in [3.05, 3.63) is 0 Å². The van der Waals surface area contributed by atoms with Crippen LogP contribution < -0.4 is 0 Å². The number of carbonyl (C=O) groups excluding carboxylic acids is 2. The molecule has 2 rings (SSSR count). The van der Waals surface area contributed by atoms with E-state index in [4.69, 9.17) is 4.74 Å². The Morgan fingerprint density at radius 3 is 2.16 bits per heavy atom. The first-order valence-electron chi connectivity index (χ1n) is 7.28. The van der Waals surface area contributed by atoms with E-state index in [1.54, 1.807) is 4.90 Å². The van der Waals surface area contributed by atoms with Gasteiger partial charge in [0.05, 0.1) is 0 Å². The van der Waals surface area contributed by atoms with Crippen LogP contribution in [0.3, 0.4) is 0 Å². The second-order valence-corrected chi connectivity index (χ2v) is 5.47. The number of nitrogens with zero attached hydrogens (tertiary/aromatic N) is 2. The fourth-order valence-electron chi connectivity index (χ4n) is 3.00. The van der Waals surface area contributed by atoms with Crippen molar-refractivity contribution in [2.24, 2.45) is 5.92 Å². The van der Waals surface area contributed by atoms with E-state index in [2.05, 4.69) is 0 Å². The third-order valence-electron chi connectivity index (χ3n) is 4.17. The Labute approximate surface area is 114 Å². The summed E-state index contributed by atoms with van der Waals surface area (Å²) < 4.78 is 4.85. The summed E-state index contributed by atoms with van der Waals surface area (Å²) in [7, 11) is 1.53. The molecular weight excluding hydrogens is 244 g/mol. The predicted octanol–water partition coefficient (Wildman–Crippen LogP) is 0.884. The van der Waals surface area contributed by atoms with Crippen LogP contribution in [0.5, 0.6) is 0 Å². The number of piperazine rings is 1. The van der Waals surface area contributed by atoms with E-state index in [0.29, 0.717) is 32.1 Å². The van der Waals surface area contributed by atoms with Crippen molar-refractivity contribution in [2.45, 2.75) is 32.1 Å². The molecule has 5 nitrogen and oxygen atoms in total. The molecule has 19 heavy (non-hydrogen) atoms. The molecule has 0 unspecified atom stereocenters. The Balaban J connectivity index is 1.79. The minimum absolute atomic E-state index is 0.0206. The summed E-state index contributed by atoms with van der Waals surface area (Å²) >= 11 is 0. The Kier molecular flexibility index (Phi) is 5.19. The lowest BCUT2D eigenvalue weighted by atomic mass is 9.88. The van der Waals surface area contributed by atoms with Crippen LogP contribution in [0.4, 0.5) is 0 Å². The molecule has 108 valence electrons. The Morgan fingerprint density at radius 2 is 1.58 bits per heavy atom. The van der Waals surface area contributed by atoms with Gasteiger partial charge in [0, 0.05) is 39.2 Å². The van der Waals surface area contributed by atoms with E-state index in [1.807, 2.05) is 4.90 Å². The van der Waals surface area contributed by atoms with Crippen molar-refractivity contribution in [1.82, 2.24) is 9.80 Å². The Bertz CT molecular complexity index is 319. The molecule has 0 spiro atoms. The summed E-state index contributed by atoms with van der Waals surface area (Å²) in [5.41, 5.74) is 0. The first kappa shape index (κ1) is 14.3. The highest BCUT2D eigenvalue weighted by atomic mass is 16.5. The fourth-order valence-corrected chi connectivity index (χ4v) is 3.00. The van der Waals surface area contributed by atoms with Gasteiger partial charge < -0.3 is 14.5 Å². The van der Waals surface area contributed by atoms with Gasteiger partial charge in [-0.05, 0) is 12.8 Å². The zero-order valence-electron chi connectivity index (χ0n) is 11.8. The maximum Gasteiger partial charge on any atom is 0.248 e. The largest absolute Gasteiger partial charge is 0.375 e. The van der Waals surface area contributed by atoms with Gasteiger partial charge in [-0.2, -0.15) is 0 Å². The Morgan fingerprint density at radius 1 is 1.00 bits per heavy atom. The third-order valence-corrected chi connectivity index (χ3v) is 4.17. The SMILES string of the molecule is COCC(=O)N1CCN(C(=O)C2CCCCC2)CC1. The highest BCUT2D eigenvalue weighted by Gasteiger charge is 2.29. The van der Waals surface area contributed by atoms with E-state index in [-0.39, 0.29) is 18.4 Å². The summed E-state index contributed by atoms with van der Waals surface area (Å²) in [5.74, 6) is 0.556. The number of hydrogen-bond acceptors (Lipinski definition) is 3. The van der Waals surface area contributed by atoms with Crippen molar-refractivity contribution < 1.29 is 14.3 Å². The average molecular weight is 268 g/mol. The molecule has 1 aliphatic carbocycles. The average Bonchev–Trinajstić information content (AvgIpc) is 2.48. The molecule has 1 saturated heterocycles. The zero-order chi connectivity index (χ0) is 13.7. The first-order chi connectivity index (χ1) is 9.22. The monoisotopic (exact) mass is 268 g/mol. The van der Waals surface area contributed by atoms with Crippen LogP contribution in [0.15, 0.2) is 0 Å². The van der Waals surface area contributed by atoms with Gasteiger partial charge in [0.1, 0.15) is 6.61 Å². The lowest BCUT2D eigenvalue weighted by molar-refractivity contribution is -0.144. The van der Waals surface area contributed by atoms with Crippen LogP contribution in [0.1, 0.15) is 32.1 Å². The summed E-state index contributed by atoms with van der Waals surface area (Å²) in [4.78, 5) is 27.7. The van der Waals surface area contributed by atoms with Crippen molar-refractivity contribution in [1.29, 1.82) is 0 Å². The lowest BCUT2D eigenvalue weighted by Gasteiger charge is -2.37. The van der Waals surface area contributed by atoms with Crippen LogP contribution in [0.2, 0.25) is 0 Å².